The molecule has 2 aliphatic rings. The van der Waals surface area contributed by atoms with Gasteiger partial charge in [0.1, 0.15) is 0 Å². The highest BCUT2D eigenvalue weighted by atomic mass is 32.1. The SMILES string of the molecule is Cc1ccc2c(C(=O)N[C@H]3CC[C@H](CCN4CCc5sc(OCC(C)(F)F)nc5C4)CC3)cccc2n1. The van der Waals surface area contributed by atoms with Crippen molar-refractivity contribution in [2.75, 3.05) is 19.7 Å². The average Bonchev–Trinajstić information content (AvgIpc) is 3.28. The number of alkyl halides is 2. The van der Waals surface area contributed by atoms with Gasteiger partial charge >= 0.3 is 0 Å². The number of amides is 1. The summed E-state index contributed by atoms with van der Waals surface area (Å²) in [6.45, 7) is 4.89. The number of aromatic nitrogens is 2. The van der Waals surface area contributed by atoms with Gasteiger partial charge in [-0.25, -0.2) is 13.8 Å². The summed E-state index contributed by atoms with van der Waals surface area (Å²) in [5, 5.41) is 4.50. The Hall–Kier alpha value is -2.65. The van der Waals surface area contributed by atoms with E-state index in [0.29, 0.717) is 16.7 Å². The van der Waals surface area contributed by atoms with Gasteiger partial charge in [-0.2, -0.15) is 0 Å². The molecule has 0 spiro atoms. The van der Waals surface area contributed by atoms with Crippen molar-refractivity contribution in [3.05, 3.63) is 52.2 Å². The first-order valence-corrected chi connectivity index (χ1v) is 13.9. The molecular weight excluding hydrogens is 494 g/mol. The van der Waals surface area contributed by atoms with Gasteiger partial charge in [-0.15, -0.1) is 0 Å². The summed E-state index contributed by atoms with van der Waals surface area (Å²) in [6, 6.07) is 9.85. The molecule has 1 fully saturated rings. The Kier molecular flexibility index (Phi) is 7.72. The Morgan fingerprint density at radius 1 is 1.19 bits per heavy atom. The van der Waals surface area contributed by atoms with Crippen LogP contribution in [-0.2, 0) is 13.0 Å². The van der Waals surface area contributed by atoms with Crippen molar-refractivity contribution in [3.8, 4) is 5.19 Å². The lowest BCUT2D eigenvalue weighted by Gasteiger charge is -2.32. The van der Waals surface area contributed by atoms with E-state index in [4.69, 9.17) is 4.74 Å². The molecule has 0 unspecified atom stereocenters. The van der Waals surface area contributed by atoms with Crippen LogP contribution in [0.2, 0.25) is 0 Å². The number of hydrogen-bond donors (Lipinski definition) is 1. The van der Waals surface area contributed by atoms with Crippen LogP contribution in [0.4, 0.5) is 8.78 Å². The zero-order valence-electron chi connectivity index (χ0n) is 21.4. The molecule has 9 heteroatoms. The van der Waals surface area contributed by atoms with Crippen molar-refractivity contribution in [1.82, 2.24) is 20.2 Å². The number of benzene rings is 1. The molecule has 3 heterocycles. The third-order valence-electron chi connectivity index (χ3n) is 7.39. The van der Waals surface area contributed by atoms with E-state index in [1.165, 1.54) is 11.3 Å². The fourth-order valence-electron chi connectivity index (χ4n) is 5.35. The molecule has 1 aliphatic heterocycles. The number of rotatable bonds is 8. The molecule has 2 aromatic heterocycles. The summed E-state index contributed by atoms with van der Waals surface area (Å²) in [5.74, 6) is -2.22. The van der Waals surface area contributed by atoms with Gasteiger partial charge in [-0.1, -0.05) is 23.5 Å². The van der Waals surface area contributed by atoms with Gasteiger partial charge in [-0.05, 0) is 76.1 Å². The minimum Gasteiger partial charge on any atom is -0.464 e. The highest BCUT2D eigenvalue weighted by Gasteiger charge is 2.27. The minimum atomic E-state index is -2.85. The lowest BCUT2D eigenvalue weighted by atomic mass is 9.84. The van der Waals surface area contributed by atoms with Crippen molar-refractivity contribution in [1.29, 1.82) is 0 Å². The van der Waals surface area contributed by atoms with Crippen LogP contribution < -0.4 is 10.1 Å². The van der Waals surface area contributed by atoms with Crippen molar-refractivity contribution < 1.29 is 18.3 Å². The number of pyridine rings is 1. The first-order valence-electron chi connectivity index (χ1n) is 13.1. The van der Waals surface area contributed by atoms with E-state index in [-0.39, 0.29) is 11.9 Å². The molecule has 5 rings (SSSR count). The normalized spacial score (nSPS) is 20.5. The number of fused-ring (bicyclic) bond motifs is 2. The molecule has 1 aromatic carbocycles. The zero-order valence-corrected chi connectivity index (χ0v) is 22.3. The summed E-state index contributed by atoms with van der Waals surface area (Å²) in [6.07, 6.45) is 6.23. The van der Waals surface area contributed by atoms with Crippen LogP contribution in [0.5, 0.6) is 5.19 Å². The quantitative estimate of drug-likeness (QED) is 0.402. The Morgan fingerprint density at radius 3 is 2.78 bits per heavy atom. The number of ether oxygens (including phenoxy) is 1. The topological polar surface area (TPSA) is 67.4 Å². The molecule has 1 saturated carbocycles. The second kappa shape index (κ2) is 11.0. The van der Waals surface area contributed by atoms with Gasteiger partial charge in [-0.3, -0.25) is 14.7 Å². The fraction of sp³-hybridized carbons (Fsp3) is 0.536. The molecule has 0 saturated heterocycles. The average molecular weight is 529 g/mol. The van der Waals surface area contributed by atoms with E-state index in [2.05, 4.69) is 20.2 Å². The summed E-state index contributed by atoms with van der Waals surface area (Å²) >= 11 is 1.40. The van der Waals surface area contributed by atoms with E-state index in [1.807, 2.05) is 37.3 Å². The van der Waals surface area contributed by atoms with Crippen LogP contribution >= 0.6 is 11.3 Å². The van der Waals surface area contributed by atoms with Crippen LogP contribution in [0.1, 0.15) is 65.7 Å². The van der Waals surface area contributed by atoms with Crippen LogP contribution in [0, 0.1) is 12.8 Å². The van der Waals surface area contributed by atoms with Crippen molar-refractivity contribution >= 4 is 28.1 Å². The summed E-state index contributed by atoms with van der Waals surface area (Å²) in [5.41, 5.74) is 3.45. The van der Waals surface area contributed by atoms with Crippen molar-refractivity contribution in [3.63, 3.8) is 0 Å². The van der Waals surface area contributed by atoms with E-state index in [1.54, 1.807) is 0 Å². The molecule has 0 atom stereocenters. The van der Waals surface area contributed by atoms with Crippen molar-refractivity contribution in [2.45, 2.75) is 70.9 Å². The van der Waals surface area contributed by atoms with E-state index >= 15 is 0 Å². The predicted molar refractivity (Wildman–Crippen MR) is 142 cm³/mol. The van der Waals surface area contributed by atoms with Crippen LogP contribution in [0.25, 0.3) is 10.9 Å². The van der Waals surface area contributed by atoms with Gasteiger partial charge in [0.15, 0.2) is 6.61 Å². The maximum absolute atomic E-state index is 13.1. The lowest BCUT2D eigenvalue weighted by Crippen LogP contribution is -2.38. The largest absolute Gasteiger partial charge is 0.464 e. The molecule has 198 valence electrons. The molecule has 37 heavy (non-hydrogen) atoms. The summed E-state index contributed by atoms with van der Waals surface area (Å²) in [7, 11) is 0. The maximum Gasteiger partial charge on any atom is 0.278 e. The lowest BCUT2D eigenvalue weighted by molar-refractivity contribution is -0.0230. The molecule has 3 aromatic rings. The highest BCUT2D eigenvalue weighted by molar-refractivity contribution is 7.13. The zero-order chi connectivity index (χ0) is 26.0. The molecule has 6 nitrogen and oxygen atoms in total. The van der Waals surface area contributed by atoms with Crippen LogP contribution in [-0.4, -0.2) is 52.4 Å². The van der Waals surface area contributed by atoms with Gasteiger partial charge in [0, 0.05) is 47.6 Å². The molecule has 0 bridgehead atoms. The number of aryl methyl sites for hydroxylation is 1. The second-order valence-corrected chi connectivity index (χ2v) is 11.6. The second-order valence-electron chi connectivity index (χ2n) is 10.5. The summed E-state index contributed by atoms with van der Waals surface area (Å²) < 4.78 is 31.4. The monoisotopic (exact) mass is 528 g/mol. The first kappa shape index (κ1) is 26.0. The Labute approximate surface area is 220 Å². The number of hydrogen-bond acceptors (Lipinski definition) is 6. The van der Waals surface area contributed by atoms with Gasteiger partial charge in [0.2, 0.25) is 0 Å². The van der Waals surface area contributed by atoms with Gasteiger partial charge < -0.3 is 10.1 Å². The standard InChI is InChI=1S/C28H34F2N4O2S/c1-18-6-11-21-22(4-3-5-23(21)31-18)26(35)32-20-9-7-19(8-10-20)12-14-34-15-13-25-24(16-34)33-27(37-25)36-17-28(2,29)30/h3-6,11,19-20H,7-10,12-17H2,1-2H3,(H,32,35)/t19-,20-. The van der Waals surface area contributed by atoms with Gasteiger partial charge in [0.25, 0.3) is 17.0 Å². The molecular formula is C28H34F2N4O2S. The fourth-order valence-corrected chi connectivity index (χ4v) is 6.25. The number of carbonyl (C=O) groups excluding carboxylic acids is 1. The van der Waals surface area contributed by atoms with Crippen LogP contribution in [0.15, 0.2) is 30.3 Å². The third kappa shape index (κ3) is 6.62. The van der Waals surface area contributed by atoms with Crippen molar-refractivity contribution in [2.24, 2.45) is 5.92 Å². The summed E-state index contributed by atoms with van der Waals surface area (Å²) in [4.78, 5) is 25.6. The molecule has 1 aliphatic carbocycles. The van der Waals surface area contributed by atoms with Crippen LogP contribution in [0.3, 0.4) is 0 Å². The van der Waals surface area contributed by atoms with E-state index in [0.717, 1.165) is 92.3 Å². The number of thiazole rings is 1. The predicted octanol–water partition coefficient (Wildman–Crippen LogP) is 5.77. The molecule has 1 N–H and O–H groups in total. The Bertz CT molecular complexity index is 1250. The number of halogens is 2. The number of carbonyl (C=O) groups is 1. The first-order chi connectivity index (χ1) is 17.7. The maximum atomic E-state index is 13.1. The minimum absolute atomic E-state index is 0.0157. The molecule has 0 radical (unpaired) electrons. The van der Waals surface area contributed by atoms with E-state index < -0.39 is 12.5 Å². The highest BCUT2D eigenvalue weighted by Crippen LogP contribution is 2.32. The Morgan fingerprint density at radius 2 is 2.00 bits per heavy atom. The smallest absolute Gasteiger partial charge is 0.278 e. The number of nitrogens with zero attached hydrogens (tertiary/aromatic N) is 3. The molecule has 1 amide bonds. The van der Waals surface area contributed by atoms with E-state index in [9.17, 15) is 13.6 Å². The number of nitrogens with one attached hydrogen (secondary N) is 1. The third-order valence-corrected chi connectivity index (χ3v) is 8.46. The van der Waals surface area contributed by atoms with Gasteiger partial charge in [0.05, 0.1) is 11.2 Å². The Balaban J connectivity index is 1.07.